The van der Waals surface area contributed by atoms with E-state index < -0.39 is 74.6 Å². The van der Waals surface area contributed by atoms with Gasteiger partial charge in [0, 0.05) is 24.4 Å². The van der Waals surface area contributed by atoms with E-state index in [-0.39, 0.29) is 30.0 Å². The Morgan fingerprint density at radius 2 is 1.66 bits per heavy atom. The van der Waals surface area contributed by atoms with Crippen molar-refractivity contribution in [1.82, 2.24) is 30.0 Å². The minimum atomic E-state index is -4.24. The third-order valence-electron chi connectivity index (χ3n) is 10.8. The molecule has 2 aliphatic heterocycles. The lowest BCUT2D eigenvalue weighted by atomic mass is 9.97. The third-order valence-corrected chi connectivity index (χ3v) is 13.6. The number of carbonyl (C=O) groups excluding carboxylic acids is 4. The predicted octanol–water partition coefficient (Wildman–Crippen LogP) is 5.57. The summed E-state index contributed by atoms with van der Waals surface area (Å²) in [4.78, 5) is 72.5. The smallest absolute Gasteiger partial charge is 0.408 e. The van der Waals surface area contributed by atoms with Crippen molar-refractivity contribution in [3.63, 3.8) is 0 Å². The number of rotatable bonds is 7. The van der Waals surface area contributed by atoms with Gasteiger partial charge < -0.3 is 20.3 Å². The van der Waals surface area contributed by atoms with E-state index in [0.29, 0.717) is 29.5 Å². The summed E-state index contributed by atoms with van der Waals surface area (Å²) in [6, 6.07) is 18.4. The number of nitrogens with zero attached hydrogens (tertiary/aromatic N) is 3. The second-order valence-electron chi connectivity index (χ2n) is 16.2. The number of aromatic nitrogens is 2. The fourth-order valence-electron chi connectivity index (χ4n) is 7.85. The summed E-state index contributed by atoms with van der Waals surface area (Å²) in [6.07, 6.45) is 7.59. The van der Waals surface area contributed by atoms with Gasteiger partial charge in [-0.2, -0.15) is 5.10 Å². The summed E-state index contributed by atoms with van der Waals surface area (Å²) in [5, 5.41) is 11.8. The van der Waals surface area contributed by atoms with Crippen LogP contribution in [-0.4, -0.2) is 76.7 Å². The minimum absolute atomic E-state index is 0.0523. The van der Waals surface area contributed by atoms with Gasteiger partial charge in [-0.05, 0) is 69.0 Å². The van der Waals surface area contributed by atoms with Crippen molar-refractivity contribution in [3.05, 3.63) is 107 Å². The van der Waals surface area contributed by atoms with Crippen LogP contribution in [0.2, 0.25) is 0 Å². The van der Waals surface area contributed by atoms with Crippen LogP contribution in [0.5, 0.6) is 0 Å². The lowest BCUT2D eigenvalue weighted by Gasteiger charge is -2.30. The molecule has 1 saturated carbocycles. The largest absolute Gasteiger partial charge is 0.444 e. The molecule has 2 unspecified atom stereocenters. The van der Waals surface area contributed by atoms with Crippen LogP contribution in [0.1, 0.15) is 71.8 Å². The number of ether oxygens (including phenoxy) is 1. The molecular formula is C43H48N6O8S2. The standard InChI is InChI=1S/C43H48N6O8S2/c1-42(2,3)57-41(54)45-33-21-14-6-4-5-13-20-30-25-43(30,40(53)47-59(55,56)35-22-15-23-58-35)46-37(50)34-24-31(27-48(34)38(33)51)49-39(52)36(29-18-11-8-12-19-29)32(26-44-49)28-16-9-7-10-17-28/h7-13,15-20,22-23,26,30-31,33-34H,4-6,14,21,24-25,27H2,1-3H3,(H,45,54)(H,46,50)(H,47,53)/b20-13-/t30-,31?,33+,34+,43?/m1/s1. The van der Waals surface area contributed by atoms with Gasteiger partial charge in [-0.25, -0.2) is 22.6 Å². The van der Waals surface area contributed by atoms with E-state index in [1.165, 1.54) is 15.6 Å². The van der Waals surface area contributed by atoms with Crippen LogP contribution in [0.4, 0.5) is 4.79 Å². The highest BCUT2D eigenvalue weighted by Gasteiger charge is 2.61. The highest BCUT2D eigenvalue weighted by Crippen LogP contribution is 2.46. The number of nitrogens with one attached hydrogen (secondary N) is 3. The van der Waals surface area contributed by atoms with Crippen LogP contribution < -0.4 is 20.9 Å². The molecule has 4 heterocycles. The first-order chi connectivity index (χ1) is 28.2. The normalized spacial score (nSPS) is 24.4. The summed E-state index contributed by atoms with van der Waals surface area (Å²) in [5.74, 6) is -2.67. The Kier molecular flexibility index (Phi) is 11.9. The highest BCUT2D eigenvalue weighted by atomic mass is 32.2. The van der Waals surface area contributed by atoms with Crippen LogP contribution in [0, 0.1) is 5.92 Å². The van der Waals surface area contributed by atoms with Crippen molar-refractivity contribution in [2.75, 3.05) is 6.54 Å². The molecule has 4 amide bonds. The van der Waals surface area contributed by atoms with Gasteiger partial charge in [0.15, 0.2) is 0 Å². The van der Waals surface area contributed by atoms with E-state index in [0.717, 1.165) is 29.7 Å². The molecule has 2 aromatic heterocycles. The molecule has 5 atom stereocenters. The van der Waals surface area contributed by atoms with E-state index in [1.54, 1.807) is 38.4 Å². The van der Waals surface area contributed by atoms with Gasteiger partial charge in [0.25, 0.3) is 21.5 Å². The minimum Gasteiger partial charge on any atom is -0.444 e. The van der Waals surface area contributed by atoms with Crippen molar-refractivity contribution in [2.45, 2.75) is 99.2 Å². The molecule has 4 aromatic rings. The zero-order chi connectivity index (χ0) is 42.0. The number of hydrogen-bond donors (Lipinski definition) is 3. The van der Waals surface area contributed by atoms with Crippen molar-refractivity contribution in [1.29, 1.82) is 0 Å². The number of thiophene rings is 1. The van der Waals surface area contributed by atoms with Crippen LogP contribution >= 0.6 is 11.3 Å². The molecule has 3 N–H and O–H groups in total. The lowest BCUT2D eigenvalue weighted by Crippen LogP contribution is -2.58. The molecular weight excluding hydrogens is 793 g/mol. The van der Waals surface area contributed by atoms with Crippen LogP contribution in [-0.2, 0) is 29.1 Å². The van der Waals surface area contributed by atoms with E-state index in [2.05, 4.69) is 20.5 Å². The molecule has 0 radical (unpaired) electrons. The SMILES string of the molecule is CC(C)(C)OC(=O)N[C@H]1CCCCC/C=C\[C@@H]2CC2(C(=O)NS(=O)(=O)c2cccs2)NC(=O)[C@@H]2CC(n3ncc(-c4ccccc4)c(-c4ccccc4)c3=O)CN2C1=O. The summed E-state index contributed by atoms with van der Waals surface area (Å²) in [7, 11) is -4.24. The average Bonchev–Trinajstić information content (AvgIpc) is 3.51. The van der Waals surface area contributed by atoms with Crippen molar-refractivity contribution in [2.24, 2.45) is 5.92 Å². The monoisotopic (exact) mass is 840 g/mol. The molecule has 16 heteroatoms. The number of carbonyl (C=O) groups is 4. The molecule has 3 aliphatic rings. The van der Waals surface area contributed by atoms with E-state index in [1.807, 2.05) is 72.8 Å². The highest BCUT2D eigenvalue weighted by molar-refractivity contribution is 7.92. The molecule has 310 valence electrons. The average molecular weight is 841 g/mol. The van der Waals surface area contributed by atoms with Gasteiger partial charge in [0.2, 0.25) is 11.8 Å². The fourth-order valence-corrected chi connectivity index (χ4v) is 9.88. The number of benzene rings is 2. The first kappa shape index (κ1) is 41.5. The first-order valence-electron chi connectivity index (χ1n) is 19.8. The zero-order valence-electron chi connectivity index (χ0n) is 33.1. The quantitative estimate of drug-likeness (QED) is 0.200. The molecule has 0 spiro atoms. The van der Waals surface area contributed by atoms with Crippen LogP contribution in [0.3, 0.4) is 0 Å². The molecule has 2 fully saturated rings. The molecule has 59 heavy (non-hydrogen) atoms. The number of allylic oxidation sites excluding steroid dienone is 1. The number of hydrogen-bond acceptors (Lipinski definition) is 10. The number of fused-ring (bicyclic) bond motifs is 2. The van der Waals surface area contributed by atoms with Crippen molar-refractivity contribution in [3.8, 4) is 22.3 Å². The maximum Gasteiger partial charge on any atom is 0.408 e. The summed E-state index contributed by atoms with van der Waals surface area (Å²) in [5.41, 5.74) is -0.441. The summed E-state index contributed by atoms with van der Waals surface area (Å²) >= 11 is 0.954. The Morgan fingerprint density at radius 1 is 0.949 bits per heavy atom. The Bertz CT molecular complexity index is 2400. The molecule has 1 saturated heterocycles. The number of amides is 4. The van der Waals surface area contributed by atoms with Gasteiger partial charge >= 0.3 is 6.09 Å². The third kappa shape index (κ3) is 9.18. The van der Waals surface area contributed by atoms with Gasteiger partial charge in [-0.1, -0.05) is 91.7 Å². The Morgan fingerprint density at radius 3 is 2.34 bits per heavy atom. The Hall–Kier alpha value is -5.61. The van der Waals surface area contributed by atoms with Gasteiger partial charge in [0.05, 0.1) is 17.8 Å². The Labute approximate surface area is 347 Å². The van der Waals surface area contributed by atoms with Gasteiger partial charge in [-0.15, -0.1) is 11.3 Å². The zero-order valence-corrected chi connectivity index (χ0v) is 34.8. The number of sulfonamides is 1. The molecule has 2 aromatic carbocycles. The topological polar surface area (TPSA) is 186 Å². The van der Waals surface area contributed by atoms with E-state index in [4.69, 9.17) is 4.74 Å². The first-order valence-corrected chi connectivity index (χ1v) is 22.2. The van der Waals surface area contributed by atoms with E-state index in [9.17, 15) is 32.4 Å². The maximum absolute atomic E-state index is 14.7. The summed E-state index contributed by atoms with van der Waals surface area (Å²) < 4.78 is 35.4. The Balaban J connectivity index is 1.27. The van der Waals surface area contributed by atoms with Crippen molar-refractivity contribution < 1.29 is 32.3 Å². The molecule has 7 rings (SSSR count). The second kappa shape index (κ2) is 16.9. The lowest BCUT2D eigenvalue weighted by molar-refractivity contribution is -0.141. The fraction of sp³-hybridized carbons (Fsp3) is 0.395. The van der Waals surface area contributed by atoms with Crippen molar-refractivity contribution >= 4 is 45.2 Å². The molecule has 14 nitrogen and oxygen atoms in total. The second-order valence-corrected chi connectivity index (χ2v) is 19.1. The number of alkyl carbamates (subject to hydrolysis) is 1. The maximum atomic E-state index is 14.7. The van der Waals surface area contributed by atoms with Gasteiger partial charge in [0.1, 0.15) is 27.4 Å². The summed E-state index contributed by atoms with van der Waals surface area (Å²) in [6.45, 7) is 5.02. The van der Waals surface area contributed by atoms with Crippen LogP contribution in [0.25, 0.3) is 22.3 Å². The molecule has 1 aliphatic carbocycles. The van der Waals surface area contributed by atoms with Gasteiger partial charge in [-0.3, -0.25) is 19.2 Å². The predicted molar refractivity (Wildman–Crippen MR) is 223 cm³/mol. The molecule has 0 bridgehead atoms. The van der Waals surface area contributed by atoms with E-state index >= 15 is 0 Å². The van der Waals surface area contributed by atoms with Crippen LogP contribution in [0.15, 0.2) is 106 Å².